The summed E-state index contributed by atoms with van der Waals surface area (Å²) in [5.41, 5.74) is 3.96. The van der Waals surface area contributed by atoms with Gasteiger partial charge in [-0.25, -0.2) is 9.67 Å². The van der Waals surface area contributed by atoms with Crippen LogP contribution in [0, 0.1) is 6.92 Å². The van der Waals surface area contributed by atoms with Crippen LogP contribution in [0.5, 0.6) is 0 Å². The Bertz CT molecular complexity index is 1070. The standard InChI is InChI=1S/C23H34N6O/c1-14(2)19-10-18(20-16(5)26-29(21(20)25-19)23(6,7)8)22(30)28(15(3)4)13-17-11-24-27(9)12-17/h10-12,14-15H,13H2,1-9H3. The van der Waals surface area contributed by atoms with Crippen molar-refractivity contribution in [2.45, 2.75) is 79.4 Å². The van der Waals surface area contributed by atoms with E-state index in [1.807, 2.05) is 55.9 Å². The first kappa shape index (κ1) is 22.0. The second-order valence-electron chi connectivity index (χ2n) is 9.67. The predicted octanol–water partition coefficient (Wildman–Crippen LogP) is 4.40. The molecule has 0 atom stereocenters. The number of hydrogen-bond donors (Lipinski definition) is 0. The maximum Gasteiger partial charge on any atom is 0.255 e. The van der Waals surface area contributed by atoms with Crippen molar-refractivity contribution in [2.75, 3.05) is 0 Å². The number of fused-ring (bicyclic) bond motifs is 1. The van der Waals surface area contributed by atoms with Gasteiger partial charge < -0.3 is 4.90 Å². The van der Waals surface area contributed by atoms with E-state index in [1.54, 1.807) is 4.68 Å². The average Bonchev–Trinajstić information content (AvgIpc) is 3.21. The van der Waals surface area contributed by atoms with Crippen molar-refractivity contribution in [1.29, 1.82) is 0 Å². The SMILES string of the molecule is Cc1nn(C(C)(C)C)c2nc(C(C)C)cc(C(=O)N(Cc3cnn(C)c3)C(C)C)c12. The van der Waals surface area contributed by atoms with Gasteiger partial charge in [0.25, 0.3) is 5.91 Å². The molecule has 0 fully saturated rings. The summed E-state index contributed by atoms with van der Waals surface area (Å²) in [7, 11) is 1.89. The number of carbonyl (C=O) groups excluding carboxylic acids is 1. The van der Waals surface area contributed by atoms with Crippen LogP contribution in [0.1, 0.15) is 81.7 Å². The summed E-state index contributed by atoms with van der Waals surface area (Å²) in [5, 5.41) is 9.86. The number of amides is 1. The van der Waals surface area contributed by atoms with Crippen molar-refractivity contribution in [3.05, 3.63) is 41.0 Å². The number of hydrogen-bond acceptors (Lipinski definition) is 4. The largest absolute Gasteiger partial charge is 0.332 e. The Morgan fingerprint density at radius 1 is 1.20 bits per heavy atom. The van der Waals surface area contributed by atoms with Gasteiger partial charge in [-0.2, -0.15) is 10.2 Å². The van der Waals surface area contributed by atoms with Gasteiger partial charge in [-0.15, -0.1) is 0 Å². The van der Waals surface area contributed by atoms with Gasteiger partial charge >= 0.3 is 0 Å². The summed E-state index contributed by atoms with van der Waals surface area (Å²) >= 11 is 0. The van der Waals surface area contributed by atoms with E-state index in [1.165, 1.54) is 0 Å². The summed E-state index contributed by atoms with van der Waals surface area (Å²) in [6, 6.07) is 2.00. The highest BCUT2D eigenvalue weighted by Gasteiger charge is 2.28. The molecule has 0 aliphatic carbocycles. The number of nitrogens with zero attached hydrogens (tertiary/aromatic N) is 6. The molecule has 162 valence electrons. The lowest BCUT2D eigenvalue weighted by Gasteiger charge is -2.27. The number of aryl methyl sites for hydroxylation is 2. The van der Waals surface area contributed by atoms with Crippen LogP contribution in [-0.4, -0.2) is 41.4 Å². The Morgan fingerprint density at radius 2 is 1.87 bits per heavy atom. The van der Waals surface area contributed by atoms with Crippen molar-refractivity contribution in [2.24, 2.45) is 7.05 Å². The van der Waals surface area contributed by atoms with Crippen LogP contribution >= 0.6 is 0 Å². The van der Waals surface area contributed by atoms with E-state index in [0.29, 0.717) is 12.1 Å². The van der Waals surface area contributed by atoms with E-state index in [2.05, 4.69) is 39.7 Å². The second kappa shape index (κ2) is 7.85. The smallest absolute Gasteiger partial charge is 0.255 e. The molecule has 0 N–H and O–H groups in total. The molecule has 0 saturated heterocycles. The van der Waals surface area contributed by atoms with Crippen molar-refractivity contribution < 1.29 is 4.79 Å². The lowest BCUT2D eigenvalue weighted by atomic mass is 10.0. The summed E-state index contributed by atoms with van der Waals surface area (Å²) in [6.07, 6.45) is 3.76. The fourth-order valence-corrected chi connectivity index (χ4v) is 3.63. The molecule has 0 unspecified atom stereocenters. The minimum atomic E-state index is -0.233. The summed E-state index contributed by atoms with van der Waals surface area (Å²) in [5.74, 6) is 0.204. The molecule has 0 spiro atoms. The van der Waals surface area contributed by atoms with Crippen LogP contribution in [0.25, 0.3) is 11.0 Å². The van der Waals surface area contributed by atoms with E-state index >= 15 is 0 Å². The molecule has 0 bridgehead atoms. The zero-order valence-corrected chi connectivity index (χ0v) is 19.7. The summed E-state index contributed by atoms with van der Waals surface area (Å²) < 4.78 is 3.71. The Labute approximate surface area is 179 Å². The van der Waals surface area contributed by atoms with Crippen molar-refractivity contribution in [3.63, 3.8) is 0 Å². The summed E-state index contributed by atoms with van der Waals surface area (Å²) in [4.78, 5) is 20.6. The predicted molar refractivity (Wildman–Crippen MR) is 120 cm³/mol. The topological polar surface area (TPSA) is 68.8 Å². The van der Waals surface area contributed by atoms with Gasteiger partial charge in [-0.1, -0.05) is 13.8 Å². The molecular weight excluding hydrogens is 376 g/mol. The number of carbonyl (C=O) groups is 1. The second-order valence-corrected chi connectivity index (χ2v) is 9.67. The molecule has 0 aromatic carbocycles. The molecule has 7 nitrogen and oxygen atoms in total. The van der Waals surface area contributed by atoms with Crippen LogP contribution in [0.2, 0.25) is 0 Å². The van der Waals surface area contributed by atoms with Gasteiger partial charge in [0.2, 0.25) is 0 Å². The van der Waals surface area contributed by atoms with E-state index in [9.17, 15) is 4.79 Å². The van der Waals surface area contributed by atoms with Gasteiger partial charge in [-0.3, -0.25) is 9.48 Å². The van der Waals surface area contributed by atoms with Gasteiger partial charge in [-0.05, 0) is 53.5 Å². The monoisotopic (exact) mass is 410 g/mol. The third-order valence-electron chi connectivity index (χ3n) is 5.29. The minimum absolute atomic E-state index is 0.000266. The lowest BCUT2D eigenvalue weighted by molar-refractivity contribution is 0.0692. The van der Waals surface area contributed by atoms with Crippen LogP contribution in [0.4, 0.5) is 0 Å². The number of rotatable bonds is 5. The zero-order valence-electron chi connectivity index (χ0n) is 19.7. The van der Waals surface area contributed by atoms with Crippen molar-refractivity contribution in [1.82, 2.24) is 29.4 Å². The Morgan fingerprint density at radius 3 is 2.37 bits per heavy atom. The molecule has 3 aromatic rings. The molecule has 1 amide bonds. The Kier molecular flexibility index (Phi) is 5.76. The van der Waals surface area contributed by atoms with E-state index in [-0.39, 0.29) is 23.4 Å². The highest BCUT2D eigenvalue weighted by molar-refractivity contribution is 6.06. The molecule has 0 aliphatic heterocycles. The van der Waals surface area contributed by atoms with Gasteiger partial charge in [0.05, 0.1) is 28.4 Å². The Balaban J connectivity index is 2.19. The quantitative estimate of drug-likeness (QED) is 0.625. The first-order chi connectivity index (χ1) is 13.9. The molecule has 0 saturated carbocycles. The normalized spacial score (nSPS) is 12.4. The van der Waals surface area contributed by atoms with Crippen LogP contribution in [0.3, 0.4) is 0 Å². The van der Waals surface area contributed by atoms with Gasteiger partial charge in [0.1, 0.15) is 0 Å². The molecule has 3 heterocycles. The fraction of sp³-hybridized carbons (Fsp3) is 0.565. The third kappa shape index (κ3) is 4.11. The van der Waals surface area contributed by atoms with E-state index in [0.717, 1.165) is 28.0 Å². The molecule has 0 radical (unpaired) electrons. The lowest BCUT2D eigenvalue weighted by Crippen LogP contribution is -2.36. The van der Waals surface area contributed by atoms with Crippen molar-refractivity contribution >= 4 is 16.9 Å². The minimum Gasteiger partial charge on any atom is -0.332 e. The maximum atomic E-state index is 13.8. The van der Waals surface area contributed by atoms with Gasteiger partial charge in [0.15, 0.2) is 5.65 Å². The van der Waals surface area contributed by atoms with Crippen LogP contribution in [-0.2, 0) is 19.1 Å². The van der Waals surface area contributed by atoms with E-state index < -0.39 is 0 Å². The number of aromatic nitrogens is 5. The third-order valence-corrected chi connectivity index (χ3v) is 5.29. The zero-order chi connectivity index (χ0) is 22.4. The molecule has 0 aliphatic rings. The Hall–Kier alpha value is -2.70. The molecule has 3 aromatic heterocycles. The fourth-order valence-electron chi connectivity index (χ4n) is 3.63. The highest BCUT2D eigenvalue weighted by Crippen LogP contribution is 2.30. The first-order valence-corrected chi connectivity index (χ1v) is 10.6. The van der Waals surface area contributed by atoms with Gasteiger partial charge in [0, 0.05) is 37.1 Å². The maximum absolute atomic E-state index is 13.8. The molecule has 7 heteroatoms. The molecule has 30 heavy (non-hydrogen) atoms. The highest BCUT2D eigenvalue weighted by atomic mass is 16.2. The van der Waals surface area contributed by atoms with Crippen LogP contribution < -0.4 is 0 Å². The van der Waals surface area contributed by atoms with Crippen LogP contribution in [0.15, 0.2) is 18.5 Å². The summed E-state index contributed by atoms with van der Waals surface area (Å²) in [6.45, 7) is 17.1. The van der Waals surface area contributed by atoms with E-state index in [4.69, 9.17) is 10.1 Å². The average molecular weight is 411 g/mol. The molecular formula is C23H34N6O. The number of pyridine rings is 1. The molecule has 3 rings (SSSR count). The first-order valence-electron chi connectivity index (χ1n) is 10.6. The van der Waals surface area contributed by atoms with Crippen molar-refractivity contribution in [3.8, 4) is 0 Å².